The molecule has 1 saturated heterocycles. The van der Waals surface area contributed by atoms with Crippen LogP contribution in [0, 0.1) is 11.7 Å². The largest absolute Gasteiger partial charge is 0.335 e. The number of nitrogens with zero attached hydrogens (tertiary/aromatic N) is 2. The molecule has 3 aromatic rings. The summed E-state index contributed by atoms with van der Waals surface area (Å²) in [6, 6.07) is 14.2. The Morgan fingerprint density at radius 3 is 2.65 bits per heavy atom. The van der Waals surface area contributed by atoms with Crippen molar-refractivity contribution in [2.75, 3.05) is 6.54 Å². The fraction of sp³-hybridized carbons (Fsp3) is 0.227. The average molecular weight is 441 g/mol. The van der Waals surface area contributed by atoms with Crippen LogP contribution >= 0.6 is 0 Å². The van der Waals surface area contributed by atoms with Crippen molar-refractivity contribution < 1.29 is 22.4 Å². The number of fused-ring (bicyclic) bond motifs is 1. The molecule has 31 heavy (non-hydrogen) atoms. The molecule has 1 N–H and O–H groups in total. The monoisotopic (exact) mass is 441 g/mol. The normalized spacial score (nSPS) is 17.7. The molecule has 0 aliphatic carbocycles. The summed E-state index contributed by atoms with van der Waals surface area (Å²) in [7, 11) is -4.28. The Morgan fingerprint density at radius 2 is 1.90 bits per heavy atom. The summed E-state index contributed by atoms with van der Waals surface area (Å²) in [5, 5.41) is 0.0737. The molecule has 0 radical (unpaired) electrons. The number of likely N-dealkylation sites (tertiary alicyclic amines) is 1. The van der Waals surface area contributed by atoms with Gasteiger partial charge in [0.1, 0.15) is 11.3 Å². The summed E-state index contributed by atoms with van der Waals surface area (Å²) in [4.78, 5) is 30.4. The third-order valence-electron chi connectivity index (χ3n) is 5.48. The molecule has 0 saturated carbocycles. The second-order valence-electron chi connectivity index (χ2n) is 7.45. The van der Waals surface area contributed by atoms with Gasteiger partial charge in [-0.25, -0.2) is 17.5 Å². The van der Waals surface area contributed by atoms with Crippen LogP contribution in [0.4, 0.5) is 4.39 Å². The molecule has 9 heteroatoms. The summed E-state index contributed by atoms with van der Waals surface area (Å²) in [6.45, 7) is 1.98. The predicted octanol–water partition coefficient (Wildman–Crippen LogP) is 2.79. The number of nitrogens with one attached hydrogen (secondary N) is 1. The molecule has 2 atom stereocenters. The van der Waals surface area contributed by atoms with E-state index in [0.717, 1.165) is 17.7 Å². The molecule has 2 amide bonds. The first-order valence-electron chi connectivity index (χ1n) is 9.72. The number of halogens is 1. The first kappa shape index (κ1) is 20.9. The molecule has 0 spiro atoms. The maximum absolute atomic E-state index is 14.0. The van der Waals surface area contributed by atoms with E-state index >= 15 is 0 Å². The topological polar surface area (TPSA) is 96.4 Å². The van der Waals surface area contributed by atoms with Gasteiger partial charge in [-0.05, 0) is 36.8 Å². The van der Waals surface area contributed by atoms with Gasteiger partial charge >= 0.3 is 0 Å². The van der Waals surface area contributed by atoms with Gasteiger partial charge in [0.25, 0.3) is 10.0 Å². The van der Waals surface area contributed by atoms with Crippen LogP contribution in [0.15, 0.2) is 65.7 Å². The second-order valence-corrected chi connectivity index (χ2v) is 9.10. The van der Waals surface area contributed by atoms with E-state index < -0.39 is 27.7 Å². The molecule has 4 rings (SSSR count). The maximum atomic E-state index is 14.0. The highest BCUT2D eigenvalue weighted by Crippen LogP contribution is 2.29. The van der Waals surface area contributed by atoms with E-state index in [9.17, 15) is 22.4 Å². The van der Waals surface area contributed by atoms with E-state index in [1.54, 1.807) is 4.90 Å². The number of hydrogen-bond acceptors (Lipinski definition) is 5. The smallest absolute Gasteiger partial charge is 0.264 e. The van der Waals surface area contributed by atoms with Crippen LogP contribution in [0.5, 0.6) is 0 Å². The number of hydrogen-bond donors (Lipinski definition) is 1. The Morgan fingerprint density at radius 1 is 1.16 bits per heavy atom. The van der Waals surface area contributed by atoms with Gasteiger partial charge in [0.2, 0.25) is 11.8 Å². The number of carbonyl (C=O) groups is 2. The average Bonchev–Trinajstić information content (AvgIpc) is 3.15. The summed E-state index contributed by atoms with van der Waals surface area (Å²) < 4.78 is 41.8. The van der Waals surface area contributed by atoms with Crippen LogP contribution in [-0.2, 0) is 19.6 Å². The number of aromatic nitrogens is 1. The molecule has 1 aromatic heterocycles. The quantitative estimate of drug-likeness (QED) is 0.657. The van der Waals surface area contributed by atoms with Crippen molar-refractivity contribution in [3.63, 3.8) is 0 Å². The van der Waals surface area contributed by atoms with E-state index in [1.807, 2.05) is 37.3 Å². The molecule has 1 aliphatic rings. The van der Waals surface area contributed by atoms with Crippen LogP contribution in [0.2, 0.25) is 0 Å². The Labute approximate surface area is 178 Å². The summed E-state index contributed by atoms with van der Waals surface area (Å²) in [6.07, 6.45) is 1.28. The lowest BCUT2D eigenvalue weighted by Crippen LogP contribution is -2.37. The minimum atomic E-state index is -4.28. The van der Waals surface area contributed by atoms with Gasteiger partial charge in [-0.15, -0.1) is 0 Å². The van der Waals surface area contributed by atoms with Gasteiger partial charge < -0.3 is 4.90 Å². The standard InChI is InChI=1S/C22H20FN3O4S/c1-14(15-6-3-2-4-7-15)26-13-16(12-20(26)27)22(28)25-31(29,30)19-10-9-18(23)21-17(19)8-5-11-24-21/h2-11,14,16H,12-13H2,1H3,(H,25,28). The van der Waals surface area contributed by atoms with Gasteiger partial charge in [-0.3, -0.25) is 14.6 Å². The maximum Gasteiger partial charge on any atom is 0.264 e. The number of pyridine rings is 1. The van der Waals surface area contributed by atoms with Crippen molar-refractivity contribution in [3.8, 4) is 0 Å². The second kappa shape index (κ2) is 8.07. The lowest BCUT2D eigenvalue weighted by Gasteiger charge is -2.25. The van der Waals surface area contributed by atoms with Crippen LogP contribution < -0.4 is 4.72 Å². The minimum absolute atomic E-state index is 0.0737. The highest BCUT2D eigenvalue weighted by atomic mass is 32.2. The van der Waals surface area contributed by atoms with E-state index in [1.165, 1.54) is 18.3 Å². The SMILES string of the molecule is CC(c1ccccc1)N1CC(C(=O)NS(=O)(=O)c2ccc(F)c3ncccc23)CC1=O. The van der Waals surface area contributed by atoms with Crippen LogP contribution in [0.1, 0.15) is 24.9 Å². The molecular weight excluding hydrogens is 421 g/mol. The number of benzene rings is 2. The van der Waals surface area contributed by atoms with Crippen molar-refractivity contribution in [1.82, 2.24) is 14.6 Å². The molecule has 1 fully saturated rings. The highest BCUT2D eigenvalue weighted by Gasteiger charge is 2.38. The molecular formula is C22H20FN3O4S. The van der Waals surface area contributed by atoms with Crippen molar-refractivity contribution in [1.29, 1.82) is 0 Å². The number of sulfonamides is 1. The fourth-order valence-corrected chi connectivity index (χ4v) is 5.05. The summed E-state index contributed by atoms with van der Waals surface area (Å²) in [5.74, 6) is -2.45. The predicted molar refractivity (Wildman–Crippen MR) is 112 cm³/mol. The zero-order valence-electron chi connectivity index (χ0n) is 16.7. The van der Waals surface area contributed by atoms with Crippen molar-refractivity contribution in [3.05, 3.63) is 72.2 Å². The molecule has 0 bridgehead atoms. The molecule has 2 heterocycles. The van der Waals surface area contributed by atoms with Crippen LogP contribution in [0.25, 0.3) is 10.9 Å². The van der Waals surface area contributed by atoms with Crippen LogP contribution in [-0.4, -0.2) is 36.7 Å². The van der Waals surface area contributed by atoms with E-state index in [0.29, 0.717) is 0 Å². The molecule has 2 aromatic carbocycles. The minimum Gasteiger partial charge on any atom is -0.335 e. The van der Waals surface area contributed by atoms with Gasteiger partial charge in [-0.1, -0.05) is 30.3 Å². The molecule has 160 valence electrons. The number of amides is 2. The lowest BCUT2D eigenvalue weighted by atomic mass is 10.1. The number of carbonyl (C=O) groups excluding carboxylic acids is 2. The van der Waals surface area contributed by atoms with E-state index in [2.05, 4.69) is 9.71 Å². The Balaban J connectivity index is 1.54. The first-order valence-corrected chi connectivity index (χ1v) is 11.2. The van der Waals surface area contributed by atoms with Crippen molar-refractivity contribution in [2.45, 2.75) is 24.3 Å². The molecule has 2 unspecified atom stereocenters. The van der Waals surface area contributed by atoms with Gasteiger partial charge in [0.05, 0.1) is 16.9 Å². The van der Waals surface area contributed by atoms with Gasteiger partial charge in [0.15, 0.2) is 0 Å². The van der Waals surface area contributed by atoms with Crippen molar-refractivity contribution in [2.24, 2.45) is 5.92 Å². The molecule has 7 nitrogen and oxygen atoms in total. The third-order valence-corrected chi connectivity index (χ3v) is 6.89. The summed E-state index contributed by atoms with van der Waals surface area (Å²) in [5.41, 5.74) is 0.826. The summed E-state index contributed by atoms with van der Waals surface area (Å²) >= 11 is 0. The van der Waals surface area contributed by atoms with E-state index in [-0.39, 0.29) is 40.7 Å². The number of rotatable bonds is 5. The highest BCUT2D eigenvalue weighted by molar-refractivity contribution is 7.90. The van der Waals surface area contributed by atoms with Crippen LogP contribution in [0.3, 0.4) is 0 Å². The Bertz CT molecular complexity index is 1260. The zero-order valence-corrected chi connectivity index (χ0v) is 17.5. The first-order chi connectivity index (χ1) is 14.8. The van der Waals surface area contributed by atoms with E-state index in [4.69, 9.17) is 0 Å². The zero-order chi connectivity index (χ0) is 22.2. The van der Waals surface area contributed by atoms with Crippen molar-refractivity contribution >= 4 is 32.7 Å². The lowest BCUT2D eigenvalue weighted by molar-refractivity contribution is -0.130. The van der Waals surface area contributed by atoms with Gasteiger partial charge in [-0.2, -0.15) is 0 Å². The fourth-order valence-electron chi connectivity index (χ4n) is 3.81. The third kappa shape index (κ3) is 4.00. The van der Waals surface area contributed by atoms with Gasteiger partial charge in [0, 0.05) is 24.5 Å². The Hall–Kier alpha value is -3.33. The molecule has 1 aliphatic heterocycles. The Kier molecular flexibility index (Phi) is 5.45.